The Morgan fingerprint density at radius 2 is 1.76 bits per heavy atom. The number of benzene rings is 1. The quantitative estimate of drug-likeness (QED) is 0.835. The predicted octanol–water partition coefficient (Wildman–Crippen LogP) is 3.04. The Bertz CT molecular complexity index is 730. The molecule has 7 heteroatoms. The zero-order valence-electron chi connectivity index (χ0n) is 13.6. The van der Waals surface area contributed by atoms with Gasteiger partial charge in [-0.2, -0.15) is 0 Å². The molecular formula is C18H19NO6. The lowest BCUT2D eigenvalue weighted by Crippen LogP contribution is -2.21. The molecule has 0 radical (unpaired) electrons. The zero-order valence-corrected chi connectivity index (χ0v) is 13.6. The second-order valence-corrected chi connectivity index (χ2v) is 5.81. The Hall–Kier alpha value is -2.80. The Morgan fingerprint density at radius 3 is 2.40 bits per heavy atom. The average molecular weight is 345 g/mol. The minimum atomic E-state index is -1.22. The highest BCUT2D eigenvalue weighted by molar-refractivity contribution is 6.02. The lowest BCUT2D eigenvalue weighted by molar-refractivity contribution is 0.0497. The Balaban J connectivity index is 1.52. The first-order chi connectivity index (χ1) is 12.1. The SMILES string of the molecule is O=C(O)c1ccc(C(=O)Nc2ccc(OCC3CCOCC3)cc2)o1. The van der Waals surface area contributed by atoms with Crippen molar-refractivity contribution < 1.29 is 28.6 Å². The molecule has 132 valence electrons. The summed E-state index contributed by atoms with van der Waals surface area (Å²) in [5.41, 5.74) is 0.566. The van der Waals surface area contributed by atoms with Crippen LogP contribution in [0.3, 0.4) is 0 Å². The molecule has 0 bridgehead atoms. The van der Waals surface area contributed by atoms with E-state index in [1.54, 1.807) is 24.3 Å². The van der Waals surface area contributed by atoms with Gasteiger partial charge in [0, 0.05) is 18.9 Å². The summed E-state index contributed by atoms with van der Waals surface area (Å²) in [6, 6.07) is 9.56. The predicted molar refractivity (Wildman–Crippen MR) is 89.1 cm³/mol. The van der Waals surface area contributed by atoms with E-state index in [1.165, 1.54) is 12.1 Å². The molecule has 3 rings (SSSR count). The van der Waals surface area contributed by atoms with Crippen molar-refractivity contribution in [3.8, 4) is 5.75 Å². The molecule has 2 N–H and O–H groups in total. The van der Waals surface area contributed by atoms with Crippen molar-refractivity contribution in [2.24, 2.45) is 5.92 Å². The number of ether oxygens (including phenoxy) is 2. The maximum absolute atomic E-state index is 12.0. The van der Waals surface area contributed by atoms with Crippen LogP contribution in [0.25, 0.3) is 0 Å². The molecule has 0 saturated carbocycles. The van der Waals surface area contributed by atoms with Gasteiger partial charge >= 0.3 is 5.97 Å². The van der Waals surface area contributed by atoms with E-state index >= 15 is 0 Å². The lowest BCUT2D eigenvalue weighted by atomic mass is 10.0. The van der Waals surface area contributed by atoms with Gasteiger partial charge in [-0.3, -0.25) is 4.79 Å². The van der Waals surface area contributed by atoms with Crippen molar-refractivity contribution in [1.82, 2.24) is 0 Å². The molecule has 1 aromatic carbocycles. The van der Waals surface area contributed by atoms with Gasteiger partial charge in [0.15, 0.2) is 5.76 Å². The summed E-state index contributed by atoms with van der Waals surface area (Å²) in [5.74, 6) is -0.820. The summed E-state index contributed by atoms with van der Waals surface area (Å²) in [5, 5.41) is 11.4. The summed E-state index contributed by atoms with van der Waals surface area (Å²) >= 11 is 0. The summed E-state index contributed by atoms with van der Waals surface area (Å²) in [6.07, 6.45) is 2.02. The van der Waals surface area contributed by atoms with Crippen LogP contribution in [0.4, 0.5) is 5.69 Å². The molecule has 1 saturated heterocycles. The molecule has 1 amide bonds. The number of furan rings is 1. The van der Waals surface area contributed by atoms with E-state index in [1.807, 2.05) is 0 Å². The van der Waals surface area contributed by atoms with E-state index in [9.17, 15) is 9.59 Å². The normalized spacial score (nSPS) is 14.9. The van der Waals surface area contributed by atoms with Crippen LogP contribution in [0.2, 0.25) is 0 Å². The van der Waals surface area contributed by atoms with Crippen molar-refractivity contribution in [1.29, 1.82) is 0 Å². The second-order valence-electron chi connectivity index (χ2n) is 5.81. The van der Waals surface area contributed by atoms with E-state index in [2.05, 4.69) is 5.32 Å². The third-order valence-electron chi connectivity index (χ3n) is 3.98. The monoisotopic (exact) mass is 345 g/mol. The standard InChI is InChI=1S/C18H19NO6/c20-17(15-5-6-16(25-15)18(21)22)19-13-1-3-14(4-2-13)24-11-12-7-9-23-10-8-12/h1-6,12H,7-11H2,(H,19,20)(H,21,22). The van der Waals surface area contributed by atoms with Crippen LogP contribution in [-0.4, -0.2) is 36.8 Å². The second kappa shape index (κ2) is 7.85. The highest BCUT2D eigenvalue weighted by Gasteiger charge is 2.16. The lowest BCUT2D eigenvalue weighted by Gasteiger charge is -2.22. The first-order valence-electron chi connectivity index (χ1n) is 8.07. The molecule has 1 aromatic heterocycles. The number of carbonyl (C=O) groups is 2. The molecule has 0 spiro atoms. The number of nitrogens with one attached hydrogen (secondary N) is 1. The number of carboxylic acids is 1. The smallest absolute Gasteiger partial charge is 0.371 e. The van der Waals surface area contributed by atoms with Crippen molar-refractivity contribution >= 4 is 17.6 Å². The number of carboxylic acid groups (broad SMARTS) is 1. The molecule has 2 aromatic rings. The van der Waals surface area contributed by atoms with E-state index in [0.717, 1.165) is 31.8 Å². The third kappa shape index (κ3) is 4.60. The molecular weight excluding hydrogens is 326 g/mol. The number of hydrogen-bond acceptors (Lipinski definition) is 5. The number of anilines is 1. The van der Waals surface area contributed by atoms with Crippen LogP contribution in [0.15, 0.2) is 40.8 Å². The molecule has 0 unspecified atom stereocenters. The van der Waals surface area contributed by atoms with E-state index < -0.39 is 11.9 Å². The molecule has 2 heterocycles. The molecule has 25 heavy (non-hydrogen) atoms. The van der Waals surface area contributed by atoms with Crippen molar-refractivity contribution in [3.63, 3.8) is 0 Å². The van der Waals surface area contributed by atoms with Crippen LogP contribution in [0, 0.1) is 5.92 Å². The Morgan fingerprint density at radius 1 is 1.08 bits per heavy atom. The van der Waals surface area contributed by atoms with Crippen LogP contribution in [0.1, 0.15) is 34.0 Å². The number of hydrogen-bond donors (Lipinski definition) is 2. The van der Waals surface area contributed by atoms with Gasteiger partial charge in [-0.1, -0.05) is 0 Å². The van der Waals surface area contributed by atoms with Crippen molar-refractivity contribution in [2.45, 2.75) is 12.8 Å². The third-order valence-corrected chi connectivity index (χ3v) is 3.98. The number of rotatable bonds is 6. The molecule has 0 aliphatic carbocycles. The van der Waals surface area contributed by atoms with Gasteiger partial charge in [-0.15, -0.1) is 0 Å². The van der Waals surface area contributed by atoms with Crippen LogP contribution < -0.4 is 10.1 Å². The largest absolute Gasteiger partial charge is 0.493 e. The average Bonchev–Trinajstić information content (AvgIpc) is 3.13. The van der Waals surface area contributed by atoms with E-state index in [4.69, 9.17) is 19.0 Å². The van der Waals surface area contributed by atoms with Gasteiger partial charge in [-0.25, -0.2) is 4.79 Å². The fourth-order valence-electron chi connectivity index (χ4n) is 2.53. The Labute approximate surface area is 144 Å². The summed E-state index contributed by atoms with van der Waals surface area (Å²) in [7, 11) is 0. The van der Waals surface area contributed by atoms with Crippen molar-refractivity contribution in [3.05, 3.63) is 47.9 Å². The van der Waals surface area contributed by atoms with Crippen molar-refractivity contribution in [2.75, 3.05) is 25.1 Å². The summed E-state index contributed by atoms with van der Waals surface area (Å²) in [6.45, 7) is 2.23. The molecule has 1 aliphatic heterocycles. The minimum absolute atomic E-state index is 0.0581. The van der Waals surface area contributed by atoms with Gasteiger partial charge < -0.3 is 24.3 Å². The molecule has 1 aliphatic rings. The van der Waals surface area contributed by atoms with Gasteiger partial charge in [-0.05, 0) is 55.2 Å². The van der Waals surface area contributed by atoms with Gasteiger partial charge in [0.2, 0.25) is 5.76 Å². The highest BCUT2D eigenvalue weighted by atomic mass is 16.5. The molecule has 7 nitrogen and oxygen atoms in total. The van der Waals surface area contributed by atoms with Gasteiger partial charge in [0.25, 0.3) is 5.91 Å². The number of carbonyl (C=O) groups excluding carboxylic acids is 1. The van der Waals surface area contributed by atoms with Crippen LogP contribution in [-0.2, 0) is 4.74 Å². The summed E-state index contributed by atoms with van der Waals surface area (Å²) in [4.78, 5) is 22.8. The highest BCUT2D eigenvalue weighted by Crippen LogP contribution is 2.20. The van der Waals surface area contributed by atoms with Crippen LogP contribution in [0.5, 0.6) is 5.75 Å². The zero-order chi connectivity index (χ0) is 17.6. The fourth-order valence-corrected chi connectivity index (χ4v) is 2.53. The first kappa shape index (κ1) is 17.0. The fraction of sp³-hybridized carbons (Fsp3) is 0.333. The van der Waals surface area contributed by atoms with E-state index in [-0.39, 0.29) is 11.5 Å². The molecule has 0 atom stereocenters. The maximum atomic E-state index is 12.0. The topological polar surface area (TPSA) is 98.0 Å². The minimum Gasteiger partial charge on any atom is -0.493 e. The van der Waals surface area contributed by atoms with Gasteiger partial charge in [0.1, 0.15) is 5.75 Å². The number of aromatic carboxylic acids is 1. The Kier molecular flexibility index (Phi) is 5.35. The van der Waals surface area contributed by atoms with Crippen LogP contribution >= 0.6 is 0 Å². The molecule has 1 fully saturated rings. The first-order valence-corrected chi connectivity index (χ1v) is 8.07. The van der Waals surface area contributed by atoms with Gasteiger partial charge in [0.05, 0.1) is 6.61 Å². The maximum Gasteiger partial charge on any atom is 0.371 e. The number of amides is 1. The van der Waals surface area contributed by atoms with E-state index in [0.29, 0.717) is 18.2 Å². The summed E-state index contributed by atoms with van der Waals surface area (Å²) < 4.78 is 16.0.